The number of allylic oxidation sites excluding steroid dienone is 1. The molecular weight excluding hydrogens is 230 g/mol. The Kier molecular flexibility index (Phi) is 4.06. The van der Waals surface area contributed by atoms with Crippen molar-refractivity contribution in [2.24, 2.45) is 5.73 Å². The number of nitrogens with one attached hydrogen (secondary N) is 2. The van der Waals surface area contributed by atoms with Gasteiger partial charge in [-0.05, 0) is 43.2 Å². The Hall–Kier alpha value is -2.17. The first-order valence-electron chi connectivity index (χ1n) is 5.95. The van der Waals surface area contributed by atoms with Crippen molar-refractivity contribution in [3.63, 3.8) is 0 Å². The summed E-state index contributed by atoms with van der Waals surface area (Å²) in [7, 11) is 0. The van der Waals surface area contributed by atoms with Gasteiger partial charge in [-0.1, -0.05) is 0 Å². The van der Waals surface area contributed by atoms with E-state index in [1.54, 1.807) is 18.4 Å². The van der Waals surface area contributed by atoms with Crippen LogP contribution in [0, 0.1) is 0 Å². The van der Waals surface area contributed by atoms with Crippen LogP contribution in [0.15, 0.2) is 36.6 Å². The van der Waals surface area contributed by atoms with Crippen LogP contribution in [0.2, 0.25) is 0 Å². The van der Waals surface area contributed by atoms with Crippen LogP contribution in [0.3, 0.4) is 0 Å². The average Bonchev–Trinajstić information content (AvgIpc) is 2.38. The molecule has 4 N–H and O–H groups in total. The maximum absolute atomic E-state index is 10.7. The maximum atomic E-state index is 10.7. The smallest absolute Gasteiger partial charge is 0.316 e. The number of amides is 2. The zero-order chi connectivity index (χ0) is 12.8. The standard InChI is InChI=1S/C13H17N3O2/c14-13(17)16-11-6-4-10(5-7-11)15-9-12-3-1-2-8-18-12/h2,4-8,12,15H,1,3,9H2,(H3,14,16,17). The molecule has 1 atom stereocenters. The van der Waals surface area contributed by atoms with Gasteiger partial charge >= 0.3 is 6.03 Å². The second kappa shape index (κ2) is 5.95. The molecule has 0 fully saturated rings. The fourth-order valence-electron chi connectivity index (χ4n) is 1.78. The van der Waals surface area contributed by atoms with E-state index in [0.29, 0.717) is 5.69 Å². The van der Waals surface area contributed by atoms with Crippen molar-refractivity contribution in [3.8, 4) is 0 Å². The van der Waals surface area contributed by atoms with Crippen LogP contribution >= 0.6 is 0 Å². The fraction of sp³-hybridized carbons (Fsp3) is 0.308. The second-order valence-corrected chi connectivity index (χ2v) is 4.15. The molecule has 2 rings (SSSR count). The highest BCUT2D eigenvalue weighted by Crippen LogP contribution is 2.15. The Morgan fingerprint density at radius 1 is 1.33 bits per heavy atom. The van der Waals surface area contributed by atoms with Crippen molar-refractivity contribution in [3.05, 3.63) is 36.6 Å². The van der Waals surface area contributed by atoms with Crippen molar-refractivity contribution in [2.75, 3.05) is 17.2 Å². The second-order valence-electron chi connectivity index (χ2n) is 4.15. The lowest BCUT2D eigenvalue weighted by Crippen LogP contribution is -2.23. The van der Waals surface area contributed by atoms with E-state index in [9.17, 15) is 4.79 Å². The molecule has 5 heteroatoms. The summed E-state index contributed by atoms with van der Waals surface area (Å²) in [5, 5.41) is 5.81. The number of anilines is 2. The number of hydrogen-bond acceptors (Lipinski definition) is 3. The first-order valence-corrected chi connectivity index (χ1v) is 5.95. The Labute approximate surface area is 106 Å². The van der Waals surface area contributed by atoms with E-state index in [0.717, 1.165) is 25.1 Å². The van der Waals surface area contributed by atoms with Gasteiger partial charge in [0.05, 0.1) is 12.8 Å². The van der Waals surface area contributed by atoms with Crippen LogP contribution in [-0.2, 0) is 4.74 Å². The minimum atomic E-state index is -0.557. The number of carbonyl (C=O) groups is 1. The van der Waals surface area contributed by atoms with Gasteiger partial charge in [-0.2, -0.15) is 0 Å². The maximum Gasteiger partial charge on any atom is 0.316 e. The van der Waals surface area contributed by atoms with E-state index < -0.39 is 6.03 Å². The summed E-state index contributed by atoms with van der Waals surface area (Å²) in [4.78, 5) is 10.7. The molecule has 18 heavy (non-hydrogen) atoms. The van der Waals surface area contributed by atoms with Crippen LogP contribution in [-0.4, -0.2) is 18.7 Å². The topological polar surface area (TPSA) is 76.4 Å². The highest BCUT2D eigenvalue weighted by molar-refractivity contribution is 5.87. The molecule has 0 bridgehead atoms. The molecule has 0 aromatic heterocycles. The van der Waals surface area contributed by atoms with Crippen LogP contribution in [0.1, 0.15) is 12.8 Å². The largest absolute Gasteiger partial charge is 0.497 e. The third-order valence-electron chi connectivity index (χ3n) is 2.71. The molecule has 0 saturated carbocycles. The van der Waals surface area contributed by atoms with Gasteiger partial charge in [0.2, 0.25) is 0 Å². The SMILES string of the molecule is NC(=O)Nc1ccc(NCC2CCC=CO2)cc1. The molecule has 0 spiro atoms. The van der Waals surface area contributed by atoms with E-state index in [1.807, 2.05) is 18.2 Å². The van der Waals surface area contributed by atoms with Crippen molar-refractivity contribution in [1.82, 2.24) is 0 Å². The van der Waals surface area contributed by atoms with Crippen LogP contribution < -0.4 is 16.4 Å². The predicted molar refractivity (Wildman–Crippen MR) is 71.4 cm³/mol. The molecule has 1 aromatic rings. The predicted octanol–water partition coefficient (Wildman–Crippen LogP) is 2.28. The fourth-order valence-corrected chi connectivity index (χ4v) is 1.78. The van der Waals surface area contributed by atoms with Crippen molar-refractivity contribution in [2.45, 2.75) is 18.9 Å². The van der Waals surface area contributed by atoms with Crippen molar-refractivity contribution < 1.29 is 9.53 Å². The number of nitrogens with two attached hydrogens (primary N) is 1. The molecule has 96 valence electrons. The lowest BCUT2D eigenvalue weighted by molar-refractivity contribution is 0.135. The number of carbonyl (C=O) groups excluding carboxylic acids is 1. The molecule has 1 heterocycles. The average molecular weight is 247 g/mol. The van der Waals surface area contributed by atoms with E-state index in [1.165, 1.54) is 0 Å². The third kappa shape index (κ3) is 3.69. The highest BCUT2D eigenvalue weighted by atomic mass is 16.5. The summed E-state index contributed by atoms with van der Waals surface area (Å²) in [5.74, 6) is 0. The van der Waals surface area contributed by atoms with E-state index >= 15 is 0 Å². The Morgan fingerprint density at radius 3 is 2.67 bits per heavy atom. The van der Waals surface area contributed by atoms with Crippen LogP contribution in [0.4, 0.5) is 16.2 Å². The highest BCUT2D eigenvalue weighted by Gasteiger charge is 2.10. The number of hydrogen-bond donors (Lipinski definition) is 3. The molecule has 1 aliphatic heterocycles. The molecule has 1 unspecified atom stereocenters. The summed E-state index contributed by atoms with van der Waals surface area (Å²) < 4.78 is 5.46. The van der Waals surface area contributed by atoms with Crippen LogP contribution in [0.25, 0.3) is 0 Å². The summed E-state index contributed by atoms with van der Waals surface area (Å²) in [6, 6.07) is 6.83. The molecule has 0 aliphatic carbocycles. The number of urea groups is 1. The number of benzene rings is 1. The van der Waals surface area contributed by atoms with Gasteiger partial charge in [0, 0.05) is 11.4 Å². The Bertz CT molecular complexity index is 428. The van der Waals surface area contributed by atoms with Crippen molar-refractivity contribution in [1.29, 1.82) is 0 Å². The van der Waals surface area contributed by atoms with Gasteiger partial charge in [-0.3, -0.25) is 0 Å². The summed E-state index contributed by atoms with van der Waals surface area (Å²) in [5.41, 5.74) is 6.70. The minimum absolute atomic E-state index is 0.221. The summed E-state index contributed by atoms with van der Waals surface area (Å²) in [6.45, 7) is 0.771. The quantitative estimate of drug-likeness (QED) is 0.764. The van der Waals surface area contributed by atoms with Crippen molar-refractivity contribution >= 4 is 17.4 Å². The van der Waals surface area contributed by atoms with Gasteiger partial charge in [0.25, 0.3) is 0 Å². The molecule has 1 aliphatic rings. The van der Waals surface area contributed by atoms with Gasteiger partial charge in [-0.25, -0.2) is 4.79 Å². The minimum Gasteiger partial charge on any atom is -0.497 e. The summed E-state index contributed by atoms with van der Waals surface area (Å²) in [6.07, 6.45) is 6.10. The molecule has 0 saturated heterocycles. The first-order chi connectivity index (χ1) is 8.74. The lowest BCUT2D eigenvalue weighted by Gasteiger charge is -2.20. The monoisotopic (exact) mass is 247 g/mol. The van der Waals surface area contributed by atoms with E-state index in [2.05, 4.69) is 10.6 Å². The molecular formula is C13H17N3O2. The third-order valence-corrected chi connectivity index (χ3v) is 2.71. The zero-order valence-corrected chi connectivity index (χ0v) is 10.1. The number of ether oxygens (including phenoxy) is 1. The zero-order valence-electron chi connectivity index (χ0n) is 10.1. The van der Waals surface area contributed by atoms with E-state index in [4.69, 9.17) is 10.5 Å². The van der Waals surface area contributed by atoms with Gasteiger partial charge < -0.3 is 21.1 Å². The normalized spacial score (nSPS) is 17.9. The molecule has 5 nitrogen and oxygen atoms in total. The van der Waals surface area contributed by atoms with E-state index in [-0.39, 0.29) is 6.10 Å². The van der Waals surface area contributed by atoms with Gasteiger partial charge in [0.1, 0.15) is 6.10 Å². The number of primary amides is 1. The van der Waals surface area contributed by atoms with Gasteiger partial charge in [0.15, 0.2) is 0 Å². The summed E-state index contributed by atoms with van der Waals surface area (Å²) >= 11 is 0. The molecule has 0 radical (unpaired) electrons. The van der Waals surface area contributed by atoms with Gasteiger partial charge in [-0.15, -0.1) is 0 Å². The first kappa shape index (κ1) is 12.3. The number of rotatable bonds is 4. The molecule has 2 amide bonds. The Balaban J connectivity index is 1.82. The lowest BCUT2D eigenvalue weighted by atomic mass is 10.1. The Morgan fingerprint density at radius 2 is 2.06 bits per heavy atom. The van der Waals surface area contributed by atoms with Crippen LogP contribution in [0.5, 0.6) is 0 Å². The molecule has 1 aromatic carbocycles.